The SMILES string of the molecule is CC(C)(C)c1cc(-c2nc3c(cc2C(C)(C)C)c2cc(C(C)(C)C)ccc2n3-c2ccccc2O)[c-]c(N(c2ccccc2)c2ccccn2)c1.[Pt]. The van der Waals surface area contributed by atoms with Crippen LogP contribution in [0.2, 0.25) is 0 Å². The summed E-state index contributed by atoms with van der Waals surface area (Å²) in [5, 5.41) is 13.4. The van der Waals surface area contributed by atoms with Crippen molar-refractivity contribution in [3.8, 4) is 22.7 Å². The summed E-state index contributed by atoms with van der Waals surface area (Å²) in [6.45, 7) is 20.2. The molecule has 0 saturated carbocycles. The smallest absolute Gasteiger partial charge is 0.139 e. The molecule has 6 heteroatoms. The first-order chi connectivity index (χ1) is 24.1. The number of phenolic OH excluding ortho intramolecular Hbond substituents is 1. The van der Waals surface area contributed by atoms with Gasteiger partial charge in [0, 0.05) is 43.7 Å². The van der Waals surface area contributed by atoms with Crippen LogP contribution in [-0.4, -0.2) is 19.6 Å². The van der Waals surface area contributed by atoms with Crippen LogP contribution in [0.25, 0.3) is 38.9 Å². The van der Waals surface area contributed by atoms with Gasteiger partial charge in [0.05, 0.1) is 11.2 Å². The summed E-state index contributed by atoms with van der Waals surface area (Å²) in [4.78, 5) is 12.6. The van der Waals surface area contributed by atoms with Crippen LogP contribution < -0.4 is 4.90 Å². The summed E-state index contributed by atoms with van der Waals surface area (Å²) < 4.78 is 2.11. The minimum absolute atomic E-state index is 0. The molecule has 7 aromatic rings. The zero-order valence-corrected chi connectivity index (χ0v) is 33.8. The molecule has 0 bridgehead atoms. The number of nitrogens with zero attached hydrogens (tertiary/aromatic N) is 4. The minimum atomic E-state index is -0.243. The third kappa shape index (κ3) is 6.91. The molecule has 3 heterocycles. The maximum Gasteiger partial charge on any atom is 0.139 e. The standard InChI is InChI=1S/C46H47N4O.Pt/c1-44(2,3)31-22-23-38-35(28-31)36-29-37(46(7,8)9)42(48-43(36)50(38)39-19-13-14-20-40(39)51)30-25-32(45(4,5)6)27-34(26-30)49(33-17-11-10-12-18-33)41-21-15-16-24-47-41;/h10-25,27-29,51H,1-9H3;/q-1;. The largest absolute Gasteiger partial charge is 0.506 e. The molecule has 0 aliphatic carbocycles. The number of anilines is 3. The first-order valence-corrected chi connectivity index (χ1v) is 17.7. The Morgan fingerprint density at radius 1 is 0.654 bits per heavy atom. The molecular formula is C46H47N4OPt-. The Balaban J connectivity index is 0.00000464. The first-order valence-electron chi connectivity index (χ1n) is 17.7. The second-order valence-corrected chi connectivity index (χ2v) is 16.6. The van der Waals surface area contributed by atoms with Crippen molar-refractivity contribution in [2.24, 2.45) is 0 Å². The van der Waals surface area contributed by atoms with Crippen molar-refractivity contribution in [1.29, 1.82) is 0 Å². The molecule has 0 atom stereocenters. The van der Waals surface area contributed by atoms with Gasteiger partial charge in [-0.3, -0.25) is 9.55 Å². The molecule has 0 saturated heterocycles. The normalized spacial score (nSPS) is 12.2. The molecule has 3 aromatic heterocycles. The van der Waals surface area contributed by atoms with E-state index in [1.54, 1.807) is 6.07 Å². The molecule has 0 radical (unpaired) electrons. The van der Waals surface area contributed by atoms with Gasteiger partial charge in [0.25, 0.3) is 0 Å². The Hall–Kier alpha value is -4.73. The minimum Gasteiger partial charge on any atom is -0.506 e. The quantitative estimate of drug-likeness (QED) is 0.175. The van der Waals surface area contributed by atoms with Crippen LogP contribution in [0.3, 0.4) is 0 Å². The summed E-state index contributed by atoms with van der Waals surface area (Å²) in [7, 11) is 0. The summed E-state index contributed by atoms with van der Waals surface area (Å²) in [5.74, 6) is 1.02. The monoisotopic (exact) mass is 866 g/mol. The summed E-state index contributed by atoms with van der Waals surface area (Å²) in [6.07, 6.45) is 1.83. The summed E-state index contributed by atoms with van der Waals surface area (Å²) in [5.41, 5.74) is 9.26. The number of phenols is 1. The van der Waals surface area contributed by atoms with Crippen LogP contribution in [-0.2, 0) is 37.3 Å². The van der Waals surface area contributed by atoms with Gasteiger partial charge in [-0.05, 0) is 81.7 Å². The number of para-hydroxylation sites is 3. The summed E-state index contributed by atoms with van der Waals surface area (Å²) in [6, 6.07) is 41.2. The van der Waals surface area contributed by atoms with Crippen LogP contribution in [0.1, 0.15) is 79.0 Å². The van der Waals surface area contributed by atoms with Gasteiger partial charge in [0.2, 0.25) is 0 Å². The number of fused-ring (bicyclic) bond motifs is 3. The van der Waals surface area contributed by atoms with E-state index in [0.29, 0.717) is 5.69 Å². The number of rotatable bonds is 5. The van der Waals surface area contributed by atoms with Crippen molar-refractivity contribution in [2.45, 2.75) is 78.6 Å². The fourth-order valence-corrected chi connectivity index (χ4v) is 6.77. The number of hydrogen-bond donors (Lipinski definition) is 1. The van der Waals surface area contributed by atoms with E-state index in [0.717, 1.165) is 55.9 Å². The van der Waals surface area contributed by atoms with Crippen molar-refractivity contribution in [3.63, 3.8) is 0 Å². The van der Waals surface area contributed by atoms with E-state index in [-0.39, 0.29) is 43.1 Å². The number of pyridine rings is 2. The zero-order valence-electron chi connectivity index (χ0n) is 31.5. The van der Waals surface area contributed by atoms with Crippen LogP contribution in [0.15, 0.2) is 115 Å². The Morgan fingerprint density at radius 2 is 1.33 bits per heavy atom. The van der Waals surface area contributed by atoms with E-state index in [1.807, 2.05) is 48.7 Å². The average Bonchev–Trinajstić information content (AvgIpc) is 3.40. The van der Waals surface area contributed by atoms with E-state index >= 15 is 0 Å². The van der Waals surface area contributed by atoms with Crippen molar-refractivity contribution < 1.29 is 26.2 Å². The van der Waals surface area contributed by atoms with Crippen molar-refractivity contribution >= 4 is 39.1 Å². The molecule has 7 rings (SSSR count). The van der Waals surface area contributed by atoms with Gasteiger partial charge in [0.15, 0.2) is 0 Å². The maximum atomic E-state index is 11.2. The number of benzene rings is 4. The van der Waals surface area contributed by atoms with Gasteiger partial charge in [-0.1, -0.05) is 116 Å². The summed E-state index contributed by atoms with van der Waals surface area (Å²) >= 11 is 0. The second kappa shape index (κ2) is 13.7. The fourth-order valence-electron chi connectivity index (χ4n) is 6.77. The molecule has 52 heavy (non-hydrogen) atoms. The third-order valence-electron chi connectivity index (χ3n) is 9.65. The van der Waals surface area contributed by atoms with Crippen molar-refractivity contribution in [2.75, 3.05) is 4.90 Å². The topological polar surface area (TPSA) is 54.2 Å². The molecule has 0 amide bonds. The van der Waals surface area contributed by atoms with Crippen LogP contribution >= 0.6 is 0 Å². The molecule has 0 aliphatic rings. The van der Waals surface area contributed by atoms with Crippen molar-refractivity contribution in [1.82, 2.24) is 14.5 Å². The molecule has 0 fully saturated rings. The molecule has 5 nitrogen and oxygen atoms in total. The van der Waals surface area contributed by atoms with Gasteiger partial charge in [-0.25, -0.2) is 4.98 Å². The molecule has 268 valence electrons. The van der Waals surface area contributed by atoms with Gasteiger partial charge in [-0.15, -0.1) is 29.3 Å². The van der Waals surface area contributed by atoms with Crippen LogP contribution in [0.4, 0.5) is 17.2 Å². The van der Waals surface area contributed by atoms with Gasteiger partial charge < -0.3 is 10.0 Å². The Kier molecular flexibility index (Phi) is 9.74. The van der Waals surface area contributed by atoms with Gasteiger partial charge >= 0.3 is 0 Å². The van der Waals surface area contributed by atoms with E-state index in [9.17, 15) is 5.11 Å². The zero-order chi connectivity index (χ0) is 36.3. The molecule has 0 spiro atoms. The number of aromatic nitrogens is 3. The maximum absolute atomic E-state index is 11.2. The van der Waals surface area contributed by atoms with E-state index in [2.05, 4.69) is 139 Å². The predicted octanol–water partition coefficient (Wildman–Crippen LogP) is 12.1. The third-order valence-corrected chi connectivity index (χ3v) is 9.65. The van der Waals surface area contributed by atoms with Crippen LogP contribution in [0.5, 0.6) is 5.75 Å². The van der Waals surface area contributed by atoms with E-state index in [1.165, 1.54) is 11.1 Å². The van der Waals surface area contributed by atoms with Crippen molar-refractivity contribution in [3.05, 3.63) is 138 Å². The first kappa shape index (κ1) is 37.0. The molecule has 4 aromatic carbocycles. The fraction of sp³-hybridized carbons (Fsp3) is 0.261. The number of hydrogen-bond acceptors (Lipinski definition) is 4. The van der Waals surface area contributed by atoms with Gasteiger partial charge in [-0.2, -0.15) is 0 Å². The molecular weight excluding hydrogens is 820 g/mol. The van der Waals surface area contributed by atoms with Gasteiger partial charge in [0.1, 0.15) is 17.2 Å². The Bertz CT molecular complexity index is 2340. The molecule has 0 aliphatic heterocycles. The predicted molar refractivity (Wildman–Crippen MR) is 213 cm³/mol. The molecule has 0 unspecified atom stereocenters. The van der Waals surface area contributed by atoms with Crippen LogP contribution in [0, 0.1) is 6.07 Å². The number of aromatic hydroxyl groups is 1. The molecule has 1 N–H and O–H groups in total. The average molecular weight is 867 g/mol. The van der Waals surface area contributed by atoms with E-state index in [4.69, 9.17) is 9.97 Å². The Labute approximate surface area is 322 Å². The second-order valence-electron chi connectivity index (χ2n) is 16.6. The van der Waals surface area contributed by atoms with E-state index < -0.39 is 0 Å². The Morgan fingerprint density at radius 3 is 1.96 bits per heavy atom.